The third-order valence-electron chi connectivity index (χ3n) is 3.40. The zero-order valence-corrected chi connectivity index (χ0v) is 13.3. The van der Waals surface area contributed by atoms with E-state index < -0.39 is 10.0 Å². The van der Waals surface area contributed by atoms with Crippen LogP contribution in [0.4, 0.5) is 11.4 Å². The Hall–Kier alpha value is -1.56. The van der Waals surface area contributed by atoms with Gasteiger partial charge in [0.2, 0.25) is 15.9 Å². The summed E-state index contributed by atoms with van der Waals surface area (Å²) in [5.41, 5.74) is 1.36. The van der Waals surface area contributed by atoms with Gasteiger partial charge in [-0.25, -0.2) is 8.42 Å². The van der Waals surface area contributed by atoms with Crippen LogP contribution < -0.4 is 9.62 Å². The van der Waals surface area contributed by atoms with Crippen LogP contribution in [0.5, 0.6) is 0 Å². The lowest BCUT2D eigenvalue weighted by atomic mass is 10.2. The first-order valence-electron chi connectivity index (χ1n) is 7.31. The van der Waals surface area contributed by atoms with Gasteiger partial charge < -0.3 is 5.32 Å². The fourth-order valence-corrected chi connectivity index (χ4v) is 3.49. The first kappa shape index (κ1) is 15.8. The van der Waals surface area contributed by atoms with Gasteiger partial charge in [0, 0.05) is 18.2 Å². The number of nitrogens with zero attached hydrogens (tertiary/aromatic N) is 1. The van der Waals surface area contributed by atoms with E-state index in [2.05, 4.69) is 5.32 Å². The minimum absolute atomic E-state index is 0.00763. The van der Waals surface area contributed by atoms with Gasteiger partial charge in [-0.15, -0.1) is 0 Å². The van der Waals surface area contributed by atoms with Crippen molar-refractivity contribution in [1.82, 2.24) is 0 Å². The molecule has 1 fully saturated rings. The van der Waals surface area contributed by atoms with Gasteiger partial charge in [0.25, 0.3) is 0 Å². The average molecular weight is 310 g/mol. The van der Waals surface area contributed by atoms with Crippen LogP contribution in [0.15, 0.2) is 24.3 Å². The fraction of sp³-hybridized carbons (Fsp3) is 0.533. The second kappa shape index (κ2) is 6.47. The van der Waals surface area contributed by atoms with E-state index in [1.54, 1.807) is 24.3 Å². The molecule has 1 aliphatic rings. The minimum Gasteiger partial charge on any atom is -0.326 e. The SMILES string of the molecule is CCCCC(=O)Nc1ccc(N(C2CC2)S(C)(=O)=O)cc1. The Morgan fingerprint density at radius 3 is 2.38 bits per heavy atom. The van der Waals surface area contributed by atoms with Crippen molar-refractivity contribution in [3.63, 3.8) is 0 Å². The Balaban J connectivity index is 2.06. The van der Waals surface area contributed by atoms with Crippen LogP contribution in [0.3, 0.4) is 0 Å². The molecule has 0 heterocycles. The van der Waals surface area contributed by atoms with E-state index in [-0.39, 0.29) is 11.9 Å². The predicted octanol–water partition coefficient (Wildman–Crippen LogP) is 2.74. The molecule has 1 aromatic rings. The Labute approximate surface area is 126 Å². The molecule has 0 aromatic heterocycles. The summed E-state index contributed by atoms with van der Waals surface area (Å²) in [5, 5.41) is 2.82. The number of hydrogen-bond donors (Lipinski definition) is 1. The van der Waals surface area contributed by atoms with Crippen LogP contribution in [0.2, 0.25) is 0 Å². The molecular weight excluding hydrogens is 288 g/mol. The van der Waals surface area contributed by atoms with Crippen LogP contribution in [0.1, 0.15) is 39.0 Å². The summed E-state index contributed by atoms with van der Waals surface area (Å²) in [5.74, 6) is -0.00763. The molecule has 1 amide bonds. The summed E-state index contributed by atoms with van der Waals surface area (Å²) in [4.78, 5) is 11.7. The number of carbonyl (C=O) groups excluding carboxylic acids is 1. The molecule has 116 valence electrons. The summed E-state index contributed by atoms with van der Waals surface area (Å²) >= 11 is 0. The van der Waals surface area contributed by atoms with Gasteiger partial charge in [-0.3, -0.25) is 9.10 Å². The second-order valence-electron chi connectivity index (χ2n) is 5.49. The highest BCUT2D eigenvalue weighted by Gasteiger charge is 2.35. The van der Waals surface area contributed by atoms with E-state index in [4.69, 9.17) is 0 Å². The Kier molecular flexibility index (Phi) is 4.88. The van der Waals surface area contributed by atoms with Crippen LogP contribution in [-0.4, -0.2) is 26.6 Å². The van der Waals surface area contributed by atoms with Gasteiger partial charge in [0.1, 0.15) is 0 Å². The molecule has 0 radical (unpaired) electrons. The molecule has 1 aliphatic carbocycles. The van der Waals surface area contributed by atoms with E-state index in [0.717, 1.165) is 25.7 Å². The fourth-order valence-electron chi connectivity index (χ4n) is 2.23. The molecule has 1 aromatic carbocycles. The monoisotopic (exact) mass is 310 g/mol. The molecule has 6 heteroatoms. The molecule has 2 rings (SSSR count). The van der Waals surface area contributed by atoms with Crippen molar-refractivity contribution in [2.45, 2.75) is 45.1 Å². The molecular formula is C15H22N2O3S. The molecule has 0 saturated heterocycles. The number of rotatable bonds is 7. The third-order valence-corrected chi connectivity index (χ3v) is 4.62. The quantitative estimate of drug-likeness (QED) is 0.842. The highest BCUT2D eigenvalue weighted by molar-refractivity contribution is 7.92. The molecule has 0 unspecified atom stereocenters. The van der Waals surface area contributed by atoms with Crippen molar-refractivity contribution in [3.8, 4) is 0 Å². The highest BCUT2D eigenvalue weighted by Crippen LogP contribution is 2.34. The van der Waals surface area contributed by atoms with Crippen molar-refractivity contribution >= 4 is 27.3 Å². The van der Waals surface area contributed by atoms with E-state index in [0.29, 0.717) is 17.8 Å². The van der Waals surface area contributed by atoms with Gasteiger partial charge in [-0.05, 0) is 43.5 Å². The normalized spacial score (nSPS) is 14.8. The molecule has 0 atom stereocenters. The van der Waals surface area contributed by atoms with Crippen LogP contribution in [0.25, 0.3) is 0 Å². The summed E-state index contributed by atoms with van der Waals surface area (Å²) < 4.78 is 25.2. The first-order valence-corrected chi connectivity index (χ1v) is 9.16. The highest BCUT2D eigenvalue weighted by atomic mass is 32.2. The zero-order chi connectivity index (χ0) is 15.5. The third kappa shape index (κ3) is 4.46. The maximum atomic E-state index is 11.9. The summed E-state index contributed by atoms with van der Waals surface area (Å²) in [6, 6.07) is 7.08. The van der Waals surface area contributed by atoms with Gasteiger partial charge in [0.15, 0.2) is 0 Å². The number of hydrogen-bond acceptors (Lipinski definition) is 3. The Bertz CT molecular complexity index is 592. The predicted molar refractivity (Wildman–Crippen MR) is 84.9 cm³/mol. The van der Waals surface area contributed by atoms with E-state index >= 15 is 0 Å². The number of benzene rings is 1. The summed E-state index contributed by atoms with van der Waals surface area (Å²) in [6.45, 7) is 2.04. The smallest absolute Gasteiger partial charge is 0.232 e. The summed E-state index contributed by atoms with van der Waals surface area (Å²) in [6.07, 6.45) is 5.40. The molecule has 0 spiro atoms. The molecule has 0 aliphatic heterocycles. The van der Waals surface area contributed by atoms with Crippen LogP contribution in [0, 0.1) is 0 Å². The summed E-state index contributed by atoms with van der Waals surface area (Å²) in [7, 11) is -3.26. The van der Waals surface area contributed by atoms with Crippen molar-refractivity contribution in [3.05, 3.63) is 24.3 Å². The zero-order valence-electron chi connectivity index (χ0n) is 12.5. The minimum atomic E-state index is -3.26. The number of anilines is 2. The Morgan fingerprint density at radius 1 is 1.29 bits per heavy atom. The number of carbonyl (C=O) groups is 1. The van der Waals surface area contributed by atoms with Gasteiger partial charge in [-0.2, -0.15) is 0 Å². The number of unbranched alkanes of at least 4 members (excludes halogenated alkanes) is 1. The lowest BCUT2D eigenvalue weighted by Crippen LogP contribution is -2.31. The van der Waals surface area contributed by atoms with Gasteiger partial charge >= 0.3 is 0 Å². The maximum Gasteiger partial charge on any atom is 0.232 e. The standard InChI is InChI=1S/C15H22N2O3S/c1-3-4-5-15(18)16-12-6-8-13(9-7-12)17(14-10-11-14)21(2,19)20/h6-9,14H,3-5,10-11H2,1-2H3,(H,16,18). The number of sulfonamides is 1. The molecule has 0 bridgehead atoms. The molecule has 1 N–H and O–H groups in total. The topological polar surface area (TPSA) is 66.5 Å². The lowest BCUT2D eigenvalue weighted by molar-refractivity contribution is -0.116. The largest absolute Gasteiger partial charge is 0.326 e. The number of nitrogens with one attached hydrogen (secondary N) is 1. The van der Waals surface area contributed by atoms with Crippen molar-refractivity contribution < 1.29 is 13.2 Å². The average Bonchev–Trinajstić information content (AvgIpc) is 3.21. The van der Waals surface area contributed by atoms with E-state index in [1.165, 1.54) is 10.6 Å². The van der Waals surface area contributed by atoms with E-state index in [9.17, 15) is 13.2 Å². The molecule has 5 nitrogen and oxygen atoms in total. The Morgan fingerprint density at radius 2 is 1.90 bits per heavy atom. The van der Waals surface area contributed by atoms with Crippen molar-refractivity contribution in [2.75, 3.05) is 15.9 Å². The molecule has 1 saturated carbocycles. The van der Waals surface area contributed by atoms with Crippen molar-refractivity contribution in [2.24, 2.45) is 0 Å². The van der Waals surface area contributed by atoms with Gasteiger partial charge in [-0.1, -0.05) is 13.3 Å². The second-order valence-corrected chi connectivity index (χ2v) is 7.35. The lowest BCUT2D eigenvalue weighted by Gasteiger charge is -2.22. The van der Waals surface area contributed by atoms with Crippen LogP contribution >= 0.6 is 0 Å². The maximum absolute atomic E-state index is 11.9. The van der Waals surface area contributed by atoms with Crippen molar-refractivity contribution in [1.29, 1.82) is 0 Å². The number of amides is 1. The van der Waals surface area contributed by atoms with Crippen LogP contribution in [-0.2, 0) is 14.8 Å². The van der Waals surface area contributed by atoms with Gasteiger partial charge in [0.05, 0.1) is 11.9 Å². The molecule has 21 heavy (non-hydrogen) atoms. The first-order chi connectivity index (χ1) is 9.91. The van der Waals surface area contributed by atoms with E-state index in [1.807, 2.05) is 6.92 Å².